The number of piperidine rings is 1. The monoisotopic (exact) mass is 425 g/mol. The molecule has 0 saturated carbocycles. The van der Waals surface area contributed by atoms with Crippen LogP contribution in [0, 0.1) is 6.92 Å². The molecule has 1 fully saturated rings. The minimum atomic E-state index is -0.326. The van der Waals surface area contributed by atoms with Crippen LogP contribution in [0.25, 0.3) is 16.5 Å². The quantitative estimate of drug-likeness (QED) is 0.575. The van der Waals surface area contributed by atoms with Gasteiger partial charge in [-0.3, -0.25) is 0 Å². The molecule has 0 radical (unpaired) electrons. The van der Waals surface area contributed by atoms with Crippen LogP contribution in [0.1, 0.15) is 49.4 Å². The standard InChI is InChI=1S/C28H31N3O/c1-19(2)30-14-12-28(13-15-30)31-26(24-16-20(3)8-11-27(24)32-28)18-25(29-31)23-10-9-21-6-4-5-7-22(21)17-23/h4-11,16-19,26,29H,12-15H2,1-3H3/t26-/m1/s1. The van der Waals surface area contributed by atoms with Crippen molar-refractivity contribution in [3.63, 3.8) is 0 Å². The van der Waals surface area contributed by atoms with Gasteiger partial charge in [0.2, 0.25) is 0 Å². The molecule has 3 aliphatic heterocycles. The molecule has 0 unspecified atom stereocenters. The fourth-order valence-electron chi connectivity index (χ4n) is 5.55. The number of hydrazine groups is 1. The Labute approximate surface area is 190 Å². The number of aryl methyl sites for hydroxylation is 1. The Morgan fingerprint density at radius 2 is 1.75 bits per heavy atom. The predicted molar refractivity (Wildman–Crippen MR) is 130 cm³/mol. The number of fused-ring (bicyclic) bond motifs is 5. The molecule has 3 aliphatic rings. The van der Waals surface area contributed by atoms with Crippen LogP contribution < -0.4 is 10.2 Å². The minimum absolute atomic E-state index is 0.172. The summed E-state index contributed by atoms with van der Waals surface area (Å²) in [7, 11) is 0. The maximum absolute atomic E-state index is 6.82. The maximum Gasteiger partial charge on any atom is 0.182 e. The maximum atomic E-state index is 6.82. The highest BCUT2D eigenvalue weighted by atomic mass is 16.5. The van der Waals surface area contributed by atoms with Crippen LogP contribution in [0.3, 0.4) is 0 Å². The average Bonchev–Trinajstić information content (AvgIpc) is 3.27. The lowest BCUT2D eigenvalue weighted by Gasteiger charge is -2.52. The van der Waals surface area contributed by atoms with E-state index in [1.807, 2.05) is 0 Å². The second-order valence-corrected chi connectivity index (χ2v) is 9.79. The Bertz CT molecular complexity index is 1210. The first-order chi connectivity index (χ1) is 15.5. The molecule has 1 atom stereocenters. The zero-order valence-electron chi connectivity index (χ0n) is 19.1. The zero-order valence-corrected chi connectivity index (χ0v) is 19.1. The molecule has 1 N–H and O–H groups in total. The highest BCUT2D eigenvalue weighted by Gasteiger charge is 2.51. The van der Waals surface area contributed by atoms with Crippen LogP contribution in [0.15, 0.2) is 66.7 Å². The summed E-state index contributed by atoms with van der Waals surface area (Å²) in [6.45, 7) is 8.83. The molecule has 3 aromatic carbocycles. The molecule has 0 amide bonds. The molecule has 0 bridgehead atoms. The molecular weight excluding hydrogens is 394 g/mol. The lowest BCUT2D eigenvalue weighted by Crippen LogP contribution is -2.64. The van der Waals surface area contributed by atoms with Crippen LogP contribution in [-0.2, 0) is 0 Å². The number of benzene rings is 3. The Hall–Kier alpha value is -2.82. The Balaban J connectivity index is 1.40. The third kappa shape index (κ3) is 3.13. The summed E-state index contributed by atoms with van der Waals surface area (Å²) in [5.74, 6) is 1.03. The number of hydrogen-bond acceptors (Lipinski definition) is 4. The van der Waals surface area contributed by atoms with E-state index in [2.05, 4.69) is 103 Å². The van der Waals surface area contributed by atoms with Crippen LogP contribution in [-0.4, -0.2) is 34.8 Å². The van der Waals surface area contributed by atoms with Gasteiger partial charge >= 0.3 is 0 Å². The van der Waals surface area contributed by atoms with E-state index in [0.29, 0.717) is 6.04 Å². The number of ether oxygens (including phenoxy) is 1. The van der Waals surface area contributed by atoms with Gasteiger partial charge < -0.3 is 15.1 Å². The number of nitrogens with one attached hydrogen (secondary N) is 1. The van der Waals surface area contributed by atoms with Gasteiger partial charge in [0.05, 0.1) is 11.7 Å². The first kappa shape index (κ1) is 19.8. The molecule has 4 heteroatoms. The third-order valence-electron chi connectivity index (χ3n) is 7.44. The van der Waals surface area contributed by atoms with Crippen molar-refractivity contribution in [3.05, 3.63) is 83.4 Å². The molecule has 1 spiro atoms. The number of hydrogen-bond donors (Lipinski definition) is 1. The molecule has 4 nitrogen and oxygen atoms in total. The summed E-state index contributed by atoms with van der Waals surface area (Å²) >= 11 is 0. The van der Waals surface area contributed by atoms with Gasteiger partial charge in [-0.1, -0.05) is 54.1 Å². The lowest BCUT2D eigenvalue weighted by atomic mass is 9.91. The molecule has 0 aromatic heterocycles. The number of nitrogens with zero attached hydrogens (tertiary/aromatic N) is 2. The van der Waals surface area contributed by atoms with Crippen molar-refractivity contribution in [1.82, 2.24) is 15.3 Å². The Morgan fingerprint density at radius 1 is 0.969 bits per heavy atom. The van der Waals surface area contributed by atoms with Crippen molar-refractivity contribution in [1.29, 1.82) is 0 Å². The second-order valence-electron chi connectivity index (χ2n) is 9.79. The first-order valence-corrected chi connectivity index (χ1v) is 11.8. The van der Waals surface area contributed by atoms with Crippen molar-refractivity contribution in [2.75, 3.05) is 13.1 Å². The number of rotatable bonds is 2. The fraction of sp³-hybridized carbons (Fsp3) is 0.357. The van der Waals surface area contributed by atoms with Gasteiger partial charge in [-0.2, -0.15) is 5.01 Å². The van der Waals surface area contributed by atoms with Gasteiger partial charge in [-0.05, 0) is 55.3 Å². The summed E-state index contributed by atoms with van der Waals surface area (Å²) in [5.41, 5.74) is 8.38. The van der Waals surface area contributed by atoms with Crippen molar-refractivity contribution >= 4 is 16.5 Å². The van der Waals surface area contributed by atoms with Crippen molar-refractivity contribution in [2.24, 2.45) is 0 Å². The van der Waals surface area contributed by atoms with Gasteiger partial charge in [0.15, 0.2) is 5.72 Å². The summed E-state index contributed by atoms with van der Waals surface area (Å²) in [6.07, 6.45) is 4.36. The van der Waals surface area contributed by atoms with E-state index in [1.54, 1.807) is 0 Å². The van der Waals surface area contributed by atoms with E-state index >= 15 is 0 Å². The third-order valence-corrected chi connectivity index (χ3v) is 7.44. The highest BCUT2D eigenvalue weighted by molar-refractivity contribution is 5.86. The molecule has 3 aromatic rings. The largest absolute Gasteiger partial charge is 0.470 e. The van der Waals surface area contributed by atoms with Crippen LogP contribution in [0.2, 0.25) is 0 Å². The van der Waals surface area contributed by atoms with Gasteiger partial charge in [0.1, 0.15) is 5.75 Å². The molecule has 1 saturated heterocycles. The highest BCUT2D eigenvalue weighted by Crippen LogP contribution is 2.48. The molecule has 32 heavy (non-hydrogen) atoms. The van der Waals surface area contributed by atoms with Crippen LogP contribution >= 0.6 is 0 Å². The summed E-state index contributed by atoms with van der Waals surface area (Å²) in [4.78, 5) is 2.56. The van der Waals surface area contributed by atoms with E-state index in [9.17, 15) is 0 Å². The summed E-state index contributed by atoms with van der Waals surface area (Å²) in [5, 5.41) is 4.94. The first-order valence-electron chi connectivity index (χ1n) is 11.8. The van der Waals surface area contributed by atoms with Crippen molar-refractivity contribution in [3.8, 4) is 5.75 Å². The average molecular weight is 426 g/mol. The topological polar surface area (TPSA) is 27.7 Å². The number of likely N-dealkylation sites (tertiary alicyclic amines) is 1. The van der Waals surface area contributed by atoms with E-state index < -0.39 is 0 Å². The van der Waals surface area contributed by atoms with Crippen molar-refractivity contribution < 1.29 is 4.74 Å². The molecular formula is C28H31N3O. The van der Waals surface area contributed by atoms with Gasteiger partial charge in [-0.15, -0.1) is 0 Å². The summed E-state index contributed by atoms with van der Waals surface area (Å²) in [6, 6.07) is 22.7. The van der Waals surface area contributed by atoms with Gasteiger partial charge in [-0.25, -0.2) is 0 Å². The molecule has 164 valence electrons. The summed E-state index contributed by atoms with van der Waals surface area (Å²) < 4.78 is 6.82. The Kier molecular flexibility index (Phi) is 4.56. The lowest BCUT2D eigenvalue weighted by molar-refractivity contribution is -0.161. The second kappa shape index (κ2) is 7.36. The Morgan fingerprint density at radius 3 is 2.53 bits per heavy atom. The normalized spacial score (nSPS) is 22.4. The SMILES string of the molecule is Cc1ccc2c(c1)[C@H]1C=C(c3ccc4ccccc4c3)NN1C1(CCN(C(C)C)CC1)O2. The van der Waals surface area contributed by atoms with E-state index in [-0.39, 0.29) is 11.8 Å². The van der Waals surface area contributed by atoms with Crippen LogP contribution in [0.4, 0.5) is 0 Å². The van der Waals surface area contributed by atoms with E-state index in [4.69, 9.17) is 4.74 Å². The fourth-order valence-corrected chi connectivity index (χ4v) is 5.55. The molecule has 6 rings (SSSR count). The van der Waals surface area contributed by atoms with Crippen LogP contribution in [0.5, 0.6) is 5.75 Å². The minimum Gasteiger partial charge on any atom is -0.470 e. The smallest absolute Gasteiger partial charge is 0.182 e. The van der Waals surface area contributed by atoms with E-state index in [0.717, 1.165) is 31.7 Å². The predicted octanol–water partition coefficient (Wildman–Crippen LogP) is 5.64. The molecule has 3 heterocycles. The zero-order chi connectivity index (χ0) is 21.9. The van der Waals surface area contributed by atoms with E-state index in [1.165, 1.54) is 33.2 Å². The van der Waals surface area contributed by atoms with Gasteiger partial charge in [0.25, 0.3) is 0 Å². The molecule has 0 aliphatic carbocycles. The van der Waals surface area contributed by atoms with Gasteiger partial charge in [0, 0.05) is 37.5 Å². The van der Waals surface area contributed by atoms with Crippen molar-refractivity contribution in [2.45, 2.75) is 51.4 Å².